The number of rotatable bonds is 18. The molecule has 0 aliphatic carbocycles. The molecule has 0 bridgehead atoms. The predicted octanol–water partition coefficient (Wildman–Crippen LogP) is 7.45. The van der Waals surface area contributed by atoms with Crippen LogP contribution in [-0.2, 0) is 15.7 Å². The Morgan fingerprint density at radius 1 is 0.742 bits per heavy atom. The third-order valence-electron chi connectivity index (χ3n) is 5.61. The van der Waals surface area contributed by atoms with Gasteiger partial charge in [-0.05, 0) is 0 Å². The summed E-state index contributed by atoms with van der Waals surface area (Å²) in [6.07, 6.45) is 9.63. The fraction of sp³-hybridized carbons (Fsp3) is 0.917. The summed E-state index contributed by atoms with van der Waals surface area (Å²) in [5.41, 5.74) is 0. The second-order valence-corrected chi connectivity index (χ2v) is 20.9. The number of thioether (sulfide) groups is 2. The fourth-order valence-electron chi connectivity index (χ4n) is 3.16. The topological polar surface area (TPSA) is 52.6 Å². The van der Waals surface area contributed by atoms with Crippen LogP contribution in [0.3, 0.4) is 0 Å². The van der Waals surface area contributed by atoms with Gasteiger partial charge in [-0.3, -0.25) is 0 Å². The quantitative estimate of drug-likeness (QED) is 0.156. The molecular formula is C24H48O4S2Sn. The van der Waals surface area contributed by atoms with Crippen LogP contribution < -0.4 is 0 Å². The van der Waals surface area contributed by atoms with Gasteiger partial charge in [0, 0.05) is 0 Å². The van der Waals surface area contributed by atoms with Gasteiger partial charge in [-0.25, -0.2) is 0 Å². The van der Waals surface area contributed by atoms with Crippen LogP contribution in [0.15, 0.2) is 0 Å². The number of hydrogen-bond donors (Lipinski definition) is 0. The Morgan fingerprint density at radius 3 is 1.39 bits per heavy atom. The second kappa shape index (κ2) is 17.9. The van der Waals surface area contributed by atoms with E-state index in [9.17, 15) is 9.59 Å². The SMILES string of the molecule is CCCCC(CC)CSC(C)C(=O)[O][Sn]([CH3])([CH3])[O]C(=O)C(C)SCC(CC)CCCC. The average molecular weight is 583 g/mol. The molecule has 4 atom stereocenters. The zero-order chi connectivity index (χ0) is 23.9. The molecule has 31 heavy (non-hydrogen) atoms. The monoisotopic (exact) mass is 584 g/mol. The molecule has 0 aromatic carbocycles. The normalized spacial score (nSPS) is 15.7. The zero-order valence-electron chi connectivity index (χ0n) is 21.3. The summed E-state index contributed by atoms with van der Waals surface area (Å²) in [6.45, 7) is 12.7. The number of unbranched alkanes of at least 4 members (excludes halogenated alkanes) is 2. The first-order chi connectivity index (χ1) is 14.6. The van der Waals surface area contributed by atoms with Crippen LogP contribution in [0.25, 0.3) is 0 Å². The minimum absolute atomic E-state index is 0.221. The summed E-state index contributed by atoms with van der Waals surface area (Å²) in [5, 5.41) is -0.443. The van der Waals surface area contributed by atoms with E-state index in [2.05, 4.69) is 27.7 Å². The van der Waals surface area contributed by atoms with Gasteiger partial charge in [0.1, 0.15) is 0 Å². The van der Waals surface area contributed by atoms with Crippen molar-refractivity contribution in [3.05, 3.63) is 0 Å². The maximum absolute atomic E-state index is 12.6. The van der Waals surface area contributed by atoms with E-state index in [0.29, 0.717) is 11.8 Å². The Kier molecular flexibility index (Phi) is 18.1. The van der Waals surface area contributed by atoms with Crippen molar-refractivity contribution in [2.75, 3.05) is 11.5 Å². The van der Waals surface area contributed by atoms with Crippen molar-refractivity contribution < 1.29 is 15.7 Å². The Hall–Kier alpha value is 0.439. The van der Waals surface area contributed by atoms with Crippen molar-refractivity contribution in [3.63, 3.8) is 0 Å². The van der Waals surface area contributed by atoms with Crippen LogP contribution >= 0.6 is 23.5 Å². The van der Waals surface area contributed by atoms with Crippen molar-refractivity contribution in [2.24, 2.45) is 11.8 Å². The first-order valence-electron chi connectivity index (χ1n) is 12.3. The molecule has 0 saturated heterocycles. The molecule has 0 N–H and O–H groups in total. The third-order valence-corrected chi connectivity index (χ3v) is 12.3. The average Bonchev–Trinajstić information content (AvgIpc) is 2.72. The van der Waals surface area contributed by atoms with E-state index in [1.807, 2.05) is 23.7 Å². The summed E-state index contributed by atoms with van der Waals surface area (Å²) in [5.74, 6) is 2.80. The van der Waals surface area contributed by atoms with E-state index in [1.165, 1.54) is 38.5 Å². The van der Waals surface area contributed by atoms with Gasteiger partial charge in [0.05, 0.1) is 0 Å². The second-order valence-electron chi connectivity index (χ2n) is 9.03. The van der Waals surface area contributed by atoms with Crippen LogP contribution in [0.2, 0.25) is 9.88 Å². The number of carbonyl (C=O) groups excluding carboxylic acids is 2. The molecule has 0 aliphatic heterocycles. The van der Waals surface area contributed by atoms with Crippen molar-refractivity contribution in [1.82, 2.24) is 0 Å². The van der Waals surface area contributed by atoms with E-state index in [0.717, 1.165) is 24.3 Å². The van der Waals surface area contributed by atoms with Gasteiger partial charge in [-0.15, -0.1) is 0 Å². The number of hydrogen-bond acceptors (Lipinski definition) is 6. The van der Waals surface area contributed by atoms with Gasteiger partial charge < -0.3 is 0 Å². The van der Waals surface area contributed by atoms with Gasteiger partial charge >= 0.3 is 207 Å². The van der Waals surface area contributed by atoms with Crippen molar-refractivity contribution in [3.8, 4) is 0 Å². The molecule has 0 spiro atoms. The van der Waals surface area contributed by atoms with Gasteiger partial charge in [0.2, 0.25) is 0 Å². The van der Waals surface area contributed by atoms with Gasteiger partial charge in [-0.1, -0.05) is 0 Å². The summed E-state index contributed by atoms with van der Waals surface area (Å²) >= 11 is -0.334. The fourth-order valence-corrected chi connectivity index (χ4v) is 9.84. The minimum atomic E-state index is -3.67. The van der Waals surface area contributed by atoms with Crippen LogP contribution in [-0.4, -0.2) is 53.1 Å². The van der Waals surface area contributed by atoms with Crippen molar-refractivity contribution >= 4 is 54.7 Å². The van der Waals surface area contributed by atoms with E-state index in [-0.39, 0.29) is 22.4 Å². The van der Waals surface area contributed by atoms with Crippen LogP contribution in [0, 0.1) is 11.8 Å². The van der Waals surface area contributed by atoms with E-state index in [4.69, 9.17) is 6.15 Å². The van der Waals surface area contributed by atoms with Gasteiger partial charge in [0.15, 0.2) is 0 Å². The van der Waals surface area contributed by atoms with Crippen LogP contribution in [0.5, 0.6) is 0 Å². The molecule has 7 heteroatoms. The first kappa shape index (κ1) is 31.4. The summed E-state index contributed by atoms with van der Waals surface area (Å²) in [6, 6.07) is 0. The van der Waals surface area contributed by atoms with Gasteiger partial charge in [0.25, 0.3) is 0 Å². The Morgan fingerprint density at radius 2 is 1.10 bits per heavy atom. The molecule has 0 radical (unpaired) electrons. The van der Waals surface area contributed by atoms with E-state index in [1.54, 1.807) is 23.5 Å². The maximum atomic E-state index is 12.6. The molecule has 184 valence electrons. The molecule has 0 aromatic heterocycles. The van der Waals surface area contributed by atoms with Crippen LogP contribution in [0.4, 0.5) is 0 Å². The molecule has 4 unspecified atom stereocenters. The zero-order valence-corrected chi connectivity index (χ0v) is 25.8. The Bertz CT molecular complexity index is 460. The van der Waals surface area contributed by atoms with Crippen molar-refractivity contribution in [2.45, 2.75) is 113 Å². The van der Waals surface area contributed by atoms with E-state index < -0.39 is 19.2 Å². The Labute approximate surface area is 206 Å². The predicted molar refractivity (Wildman–Crippen MR) is 140 cm³/mol. The molecule has 0 aliphatic rings. The van der Waals surface area contributed by atoms with Gasteiger partial charge in [-0.2, -0.15) is 0 Å². The number of carbonyl (C=O) groups is 2. The van der Waals surface area contributed by atoms with Crippen LogP contribution in [0.1, 0.15) is 92.9 Å². The molecule has 0 heterocycles. The summed E-state index contributed by atoms with van der Waals surface area (Å²) < 4.78 is 11.5. The molecular weight excluding hydrogens is 535 g/mol. The third kappa shape index (κ3) is 15.1. The van der Waals surface area contributed by atoms with Crippen molar-refractivity contribution in [1.29, 1.82) is 0 Å². The molecule has 4 nitrogen and oxygen atoms in total. The first-order valence-corrected chi connectivity index (χ1v) is 22.4. The summed E-state index contributed by atoms with van der Waals surface area (Å²) in [7, 11) is 0. The molecule has 0 saturated carbocycles. The van der Waals surface area contributed by atoms with E-state index >= 15 is 0 Å². The summed E-state index contributed by atoms with van der Waals surface area (Å²) in [4.78, 5) is 28.9. The molecule has 0 aromatic rings. The molecule has 0 amide bonds. The molecule has 0 rings (SSSR count). The Balaban J connectivity index is 4.49. The molecule has 0 fully saturated rings. The standard InChI is InChI=1S/2C11H22O2S.2CH3.Sn/c2*1-4-6-7-10(5-2)8-14-9(3)11(12)13;;;/h2*9-10H,4-8H2,1-3H3,(H,12,13);2*1H3;/q;;;;+2/p-2.